The largest absolute Gasteiger partial charge is 0.378 e. The van der Waals surface area contributed by atoms with E-state index in [-0.39, 0.29) is 30.9 Å². The Bertz CT molecular complexity index is 2150. The van der Waals surface area contributed by atoms with Crippen molar-refractivity contribution in [3.05, 3.63) is 53.0 Å². The minimum absolute atomic E-state index is 0. The van der Waals surface area contributed by atoms with Gasteiger partial charge in [0.05, 0.1) is 46.9 Å². The van der Waals surface area contributed by atoms with Crippen molar-refractivity contribution in [2.45, 2.75) is 33.1 Å². The van der Waals surface area contributed by atoms with Crippen molar-refractivity contribution >= 4 is 75.1 Å². The van der Waals surface area contributed by atoms with Gasteiger partial charge >= 0.3 is 0 Å². The molecule has 2 unspecified atom stereocenters. The van der Waals surface area contributed by atoms with Crippen LogP contribution in [0.3, 0.4) is 0 Å². The van der Waals surface area contributed by atoms with E-state index in [0.717, 1.165) is 45.0 Å². The third kappa shape index (κ3) is 10.9. The number of nitrogens with one attached hydrogen (secondary N) is 2. The van der Waals surface area contributed by atoms with Crippen molar-refractivity contribution in [3.63, 3.8) is 0 Å². The number of ether oxygens (including phenoxy) is 1. The van der Waals surface area contributed by atoms with Gasteiger partial charge in [0, 0.05) is 63.1 Å². The van der Waals surface area contributed by atoms with Crippen molar-refractivity contribution < 1.29 is 30.4 Å². The number of fused-ring (bicyclic) bond motifs is 2. The van der Waals surface area contributed by atoms with Gasteiger partial charge < -0.3 is 19.4 Å². The monoisotopic (exact) mass is 855 g/mol. The molecule has 0 aliphatic carbocycles. The van der Waals surface area contributed by atoms with E-state index in [1.807, 2.05) is 4.90 Å². The van der Waals surface area contributed by atoms with E-state index in [1.54, 1.807) is 12.1 Å². The fourth-order valence-electron chi connectivity index (χ4n) is 7.03. The summed E-state index contributed by atoms with van der Waals surface area (Å²) in [5.41, 5.74) is 1.92. The van der Waals surface area contributed by atoms with Gasteiger partial charge in [-0.1, -0.05) is 7.43 Å². The molecule has 4 aromatic rings. The number of anilines is 3. The van der Waals surface area contributed by atoms with Crippen LogP contribution in [0.25, 0.3) is 21.8 Å². The highest BCUT2D eigenvalue weighted by Crippen LogP contribution is 2.33. The Balaban J connectivity index is 0.000000208. The molecule has 0 spiro atoms. The molecule has 2 N–H and O–H groups in total. The van der Waals surface area contributed by atoms with E-state index in [2.05, 4.69) is 55.1 Å². The number of benzene rings is 2. The normalized spacial score (nSPS) is 19.7. The third-order valence-corrected chi connectivity index (χ3v) is 11.6. The molecule has 3 saturated heterocycles. The number of rotatable bonds is 9. The quantitative estimate of drug-likeness (QED) is 0.246. The standard InChI is InChI=1S/C19H26FN5O3S.C15H18BrFN4O2S.CH4/c1-29(26,27)23-11-14-3-2-4-25(12-14)19-15-9-16(20)18(10-17(15)21-13-22-19)24-5-7-28-8-6-24;1-24(22,23)20-7-10-3-2-4-21(8-10)15-11-5-13(17)12(16)6-14(11)18-9-19-15;/h9-10,13-14,23H,2-8,11-12H2,1H3;5-6,9-10,20H,2-4,7-8H2,1H3;1H4. The molecule has 54 heavy (non-hydrogen) atoms. The second kappa shape index (κ2) is 18.1. The topological polar surface area (TPSA) is 163 Å². The van der Waals surface area contributed by atoms with Crippen molar-refractivity contribution in [1.29, 1.82) is 0 Å². The number of aromatic nitrogens is 4. The van der Waals surface area contributed by atoms with E-state index < -0.39 is 20.0 Å². The van der Waals surface area contributed by atoms with Crippen LogP contribution in [0, 0.1) is 23.5 Å². The Labute approximate surface area is 324 Å². The number of hydrogen-bond acceptors (Lipinski definition) is 12. The fourth-order valence-corrected chi connectivity index (χ4v) is 8.43. The molecule has 3 aliphatic heterocycles. The lowest BCUT2D eigenvalue weighted by molar-refractivity contribution is 0.122. The lowest BCUT2D eigenvalue weighted by Gasteiger charge is -2.34. The number of halogens is 3. The molecule has 19 heteroatoms. The van der Waals surface area contributed by atoms with Crippen LogP contribution in [0.15, 0.2) is 41.4 Å². The Hall–Kier alpha value is -3.36. The van der Waals surface area contributed by atoms with E-state index in [4.69, 9.17) is 4.74 Å². The average molecular weight is 857 g/mol. The Kier molecular flexibility index (Phi) is 14.0. The first kappa shape index (κ1) is 41.8. The van der Waals surface area contributed by atoms with Gasteiger partial charge in [-0.2, -0.15) is 0 Å². The smallest absolute Gasteiger partial charge is 0.208 e. The molecule has 2 aromatic carbocycles. The van der Waals surface area contributed by atoms with Gasteiger partial charge in [-0.3, -0.25) is 0 Å². The number of hydrogen-bond donors (Lipinski definition) is 2. The Morgan fingerprint density at radius 1 is 0.722 bits per heavy atom. The average Bonchev–Trinajstić information content (AvgIpc) is 3.13. The summed E-state index contributed by atoms with van der Waals surface area (Å²) in [6, 6.07) is 6.39. The molecular formula is C35H48BrF2N9O5S2. The van der Waals surface area contributed by atoms with Crippen LogP contribution < -0.4 is 24.1 Å². The molecule has 3 fully saturated rings. The predicted octanol–water partition coefficient (Wildman–Crippen LogP) is 4.30. The predicted molar refractivity (Wildman–Crippen MR) is 212 cm³/mol. The summed E-state index contributed by atoms with van der Waals surface area (Å²) in [6.07, 6.45) is 9.06. The second-order valence-electron chi connectivity index (χ2n) is 13.7. The first-order valence-electron chi connectivity index (χ1n) is 17.5. The summed E-state index contributed by atoms with van der Waals surface area (Å²) in [5.74, 6) is 1.12. The van der Waals surface area contributed by atoms with E-state index in [0.29, 0.717) is 96.1 Å². The maximum absolute atomic E-state index is 14.9. The van der Waals surface area contributed by atoms with Crippen LogP contribution in [-0.4, -0.2) is 115 Å². The number of sulfonamides is 2. The molecule has 14 nitrogen and oxygen atoms in total. The maximum atomic E-state index is 14.9. The molecule has 0 bridgehead atoms. The molecule has 2 atom stereocenters. The van der Waals surface area contributed by atoms with Crippen molar-refractivity contribution in [1.82, 2.24) is 29.4 Å². The molecule has 0 saturated carbocycles. The molecule has 7 rings (SSSR count). The van der Waals surface area contributed by atoms with Gasteiger partial charge in [0.25, 0.3) is 0 Å². The SMILES string of the molecule is C.CS(=O)(=O)NCC1CCCN(c2ncnc3cc(Br)c(F)cc23)C1.CS(=O)(=O)NCC1CCCN(c2ncnc3cc(N4CCOCC4)c(F)cc23)C1. The first-order valence-corrected chi connectivity index (χ1v) is 22.1. The second-order valence-corrected chi connectivity index (χ2v) is 18.3. The third-order valence-electron chi connectivity index (χ3n) is 9.60. The van der Waals surface area contributed by atoms with Crippen molar-refractivity contribution in [2.24, 2.45) is 11.8 Å². The van der Waals surface area contributed by atoms with Gasteiger partial charge in [-0.15, -0.1) is 0 Å². The van der Waals surface area contributed by atoms with Gasteiger partial charge in [0.2, 0.25) is 20.0 Å². The highest BCUT2D eigenvalue weighted by molar-refractivity contribution is 9.10. The zero-order chi connectivity index (χ0) is 37.8. The molecule has 5 heterocycles. The van der Waals surface area contributed by atoms with E-state index >= 15 is 0 Å². The van der Waals surface area contributed by atoms with Crippen LogP contribution in [0.4, 0.5) is 26.1 Å². The van der Waals surface area contributed by atoms with Crippen molar-refractivity contribution in [3.8, 4) is 0 Å². The summed E-state index contributed by atoms with van der Waals surface area (Å²) in [6.45, 7) is 6.23. The van der Waals surface area contributed by atoms with Crippen LogP contribution >= 0.6 is 15.9 Å². The van der Waals surface area contributed by atoms with Crippen LogP contribution in [0.2, 0.25) is 0 Å². The lowest BCUT2D eigenvalue weighted by atomic mass is 9.98. The molecule has 0 radical (unpaired) electrons. The van der Waals surface area contributed by atoms with Gasteiger partial charge in [0.15, 0.2) is 0 Å². The highest BCUT2D eigenvalue weighted by Gasteiger charge is 2.26. The minimum Gasteiger partial charge on any atom is -0.378 e. The zero-order valence-corrected chi connectivity index (χ0v) is 32.9. The zero-order valence-electron chi connectivity index (χ0n) is 29.6. The number of nitrogens with zero attached hydrogens (tertiary/aromatic N) is 7. The number of morpholine rings is 1. The summed E-state index contributed by atoms with van der Waals surface area (Å²) >= 11 is 3.17. The van der Waals surface area contributed by atoms with Gasteiger partial charge in [0.1, 0.15) is 35.9 Å². The van der Waals surface area contributed by atoms with Crippen molar-refractivity contribution in [2.75, 3.05) is 92.8 Å². The summed E-state index contributed by atoms with van der Waals surface area (Å²) < 4.78 is 85.1. The lowest BCUT2D eigenvalue weighted by Crippen LogP contribution is -2.41. The molecular weight excluding hydrogens is 808 g/mol. The van der Waals surface area contributed by atoms with Crippen LogP contribution in [0.1, 0.15) is 33.1 Å². The molecule has 3 aliphatic rings. The van der Waals surface area contributed by atoms with Gasteiger partial charge in [-0.05, 0) is 77.7 Å². The first-order chi connectivity index (χ1) is 25.2. The summed E-state index contributed by atoms with van der Waals surface area (Å²) in [5, 5.41) is 1.34. The van der Waals surface area contributed by atoms with E-state index in [9.17, 15) is 25.6 Å². The summed E-state index contributed by atoms with van der Waals surface area (Å²) in [4.78, 5) is 23.5. The van der Waals surface area contributed by atoms with Crippen LogP contribution in [0.5, 0.6) is 0 Å². The highest BCUT2D eigenvalue weighted by atomic mass is 79.9. The molecule has 0 amide bonds. The summed E-state index contributed by atoms with van der Waals surface area (Å²) in [7, 11) is -6.42. The Morgan fingerprint density at radius 2 is 1.20 bits per heavy atom. The molecule has 296 valence electrons. The number of piperidine rings is 2. The van der Waals surface area contributed by atoms with Crippen LogP contribution in [-0.2, 0) is 24.8 Å². The fraction of sp³-hybridized carbons (Fsp3) is 0.543. The molecule has 2 aromatic heterocycles. The van der Waals surface area contributed by atoms with Gasteiger partial charge in [-0.25, -0.2) is 55.0 Å². The Morgan fingerprint density at radius 3 is 1.70 bits per heavy atom. The van der Waals surface area contributed by atoms with E-state index in [1.165, 1.54) is 31.0 Å². The minimum atomic E-state index is -3.22. The maximum Gasteiger partial charge on any atom is 0.208 e.